The summed E-state index contributed by atoms with van der Waals surface area (Å²) in [5, 5.41) is 11.8. The molecule has 0 radical (unpaired) electrons. The third kappa shape index (κ3) is 3.09. The van der Waals surface area contributed by atoms with Crippen LogP contribution >= 0.6 is 0 Å². The van der Waals surface area contributed by atoms with Crippen LogP contribution in [0.25, 0.3) is 0 Å². The Balaban J connectivity index is 2.24. The van der Waals surface area contributed by atoms with E-state index in [-0.39, 0.29) is 17.1 Å². The molecule has 0 atom stereocenters. The molecule has 0 spiro atoms. The van der Waals surface area contributed by atoms with Crippen molar-refractivity contribution in [1.29, 1.82) is 0 Å². The largest absolute Gasteiger partial charge is 0.495 e. The topological polar surface area (TPSA) is 78.9 Å². The van der Waals surface area contributed by atoms with Gasteiger partial charge in [-0.25, -0.2) is 9.59 Å². The van der Waals surface area contributed by atoms with E-state index in [2.05, 4.69) is 5.32 Å². The number of ether oxygens (including phenoxy) is 1. The third-order valence-corrected chi connectivity index (χ3v) is 3.83. The maximum Gasteiger partial charge on any atom is 0.335 e. The van der Waals surface area contributed by atoms with Crippen molar-refractivity contribution in [3.05, 3.63) is 23.8 Å². The molecular formula is C15H20N2O4. The number of nitrogens with zero attached hydrogens (tertiary/aromatic N) is 1. The zero-order valence-corrected chi connectivity index (χ0v) is 12.5. The van der Waals surface area contributed by atoms with E-state index in [1.807, 2.05) is 13.8 Å². The van der Waals surface area contributed by atoms with Gasteiger partial charge in [-0.2, -0.15) is 0 Å². The molecule has 0 aromatic heterocycles. The number of hydrogen-bond donors (Lipinski definition) is 2. The molecule has 2 rings (SSSR count). The van der Waals surface area contributed by atoms with Crippen LogP contribution in [-0.4, -0.2) is 41.2 Å². The molecule has 1 aromatic carbocycles. The number of methoxy groups -OCH3 is 1. The molecule has 1 saturated heterocycles. The molecule has 1 fully saturated rings. The summed E-state index contributed by atoms with van der Waals surface area (Å²) < 4.78 is 5.17. The lowest BCUT2D eigenvalue weighted by molar-refractivity contribution is 0.0696. The Morgan fingerprint density at radius 2 is 2.10 bits per heavy atom. The quantitative estimate of drug-likeness (QED) is 0.898. The van der Waals surface area contributed by atoms with Crippen molar-refractivity contribution in [2.24, 2.45) is 0 Å². The van der Waals surface area contributed by atoms with Crippen LogP contribution in [-0.2, 0) is 0 Å². The van der Waals surface area contributed by atoms with Gasteiger partial charge in [0.25, 0.3) is 0 Å². The van der Waals surface area contributed by atoms with E-state index < -0.39 is 5.97 Å². The zero-order valence-electron chi connectivity index (χ0n) is 12.5. The van der Waals surface area contributed by atoms with E-state index >= 15 is 0 Å². The van der Waals surface area contributed by atoms with Crippen LogP contribution < -0.4 is 10.1 Å². The van der Waals surface area contributed by atoms with Crippen molar-refractivity contribution in [2.45, 2.75) is 32.2 Å². The number of hydrogen-bond acceptors (Lipinski definition) is 3. The maximum absolute atomic E-state index is 12.4. The van der Waals surface area contributed by atoms with Crippen LogP contribution in [0.4, 0.5) is 10.5 Å². The molecule has 1 heterocycles. The lowest BCUT2D eigenvalue weighted by atomic mass is 10.0. The predicted octanol–water partition coefficient (Wildman–Crippen LogP) is 2.80. The Labute approximate surface area is 123 Å². The fourth-order valence-electron chi connectivity index (χ4n) is 2.61. The van der Waals surface area contributed by atoms with E-state index in [0.717, 1.165) is 12.8 Å². The molecular weight excluding hydrogens is 272 g/mol. The molecule has 6 nitrogen and oxygen atoms in total. The van der Waals surface area contributed by atoms with Gasteiger partial charge in [-0.05, 0) is 44.9 Å². The van der Waals surface area contributed by atoms with Gasteiger partial charge < -0.3 is 20.1 Å². The Morgan fingerprint density at radius 3 is 2.62 bits per heavy atom. The minimum absolute atomic E-state index is 0.104. The van der Waals surface area contributed by atoms with Crippen LogP contribution in [0.5, 0.6) is 5.75 Å². The SMILES string of the molecule is COc1ccc(C(=O)O)cc1NC(=O)N1CCCC1(C)C. The van der Waals surface area contributed by atoms with Crippen LogP contribution in [0.2, 0.25) is 0 Å². The summed E-state index contributed by atoms with van der Waals surface area (Å²) in [6.45, 7) is 4.73. The van der Waals surface area contributed by atoms with Crippen LogP contribution in [0.3, 0.4) is 0 Å². The fraction of sp³-hybridized carbons (Fsp3) is 0.467. The fourth-order valence-corrected chi connectivity index (χ4v) is 2.61. The number of urea groups is 1. The molecule has 21 heavy (non-hydrogen) atoms. The molecule has 1 aliphatic rings. The number of anilines is 1. The number of benzene rings is 1. The van der Waals surface area contributed by atoms with Gasteiger partial charge in [0, 0.05) is 12.1 Å². The van der Waals surface area contributed by atoms with Crippen LogP contribution in [0, 0.1) is 0 Å². The van der Waals surface area contributed by atoms with Crippen molar-refractivity contribution in [2.75, 3.05) is 19.0 Å². The van der Waals surface area contributed by atoms with Gasteiger partial charge in [-0.15, -0.1) is 0 Å². The van der Waals surface area contributed by atoms with Crippen LogP contribution in [0.1, 0.15) is 37.0 Å². The number of carboxylic acid groups (broad SMARTS) is 1. The molecule has 2 N–H and O–H groups in total. The van der Waals surface area contributed by atoms with E-state index in [4.69, 9.17) is 9.84 Å². The summed E-state index contributed by atoms with van der Waals surface area (Å²) in [7, 11) is 1.48. The van der Waals surface area contributed by atoms with Crippen molar-refractivity contribution >= 4 is 17.7 Å². The van der Waals surface area contributed by atoms with Crippen molar-refractivity contribution in [1.82, 2.24) is 4.90 Å². The summed E-state index contributed by atoms with van der Waals surface area (Å²) in [5.41, 5.74) is 0.277. The Hall–Kier alpha value is -2.24. The van der Waals surface area contributed by atoms with Crippen molar-refractivity contribution in [3.63, 3.8) is 0 Å². The number of amides is 2. The second-order valence-electron chi connectivity index (χ2n) is 5.72. The van der Waals surface area contributed by atoms with Gasteiger partial charge >= 0.3 is 12.0 Å². The van der Waals surface area contributed by atoms with E-state index in [9.17, 15) is 9.59 Å². The standard InChI is InChI=1S/C15H20N2O4/c1-15(2)7-4-8-17(15)14(20)16-11-9-10(13(18)19)5-6-12(11)21-3/h5-6,9H,4,7-8H2,1-3H3,(H,16,20)(H,18,19). The number of carbonyl (C=O) groups is 2. The highest BCUT2D eigenvalue weighted by atomic mass is 16.5. The monoisotopic (exact) mass is 292 g/mol. The first-order chi connectivity index (χ1) is 9.85. The normalized spacial score (nSPS) is 16.6. The smallest absolute Gasteiger partial charge is 0.335 e. The molecule has 0 bridgehead atoms. The van der Waals surface area contributed by atoms with Crippen molar-refractivity contribution < 1.29 is 19.4 Å². The highest BCUT2D eigenvalue weighted by Gasteiger charge is 2.35. The highest BCUT2D eigenvalue weighted by molar-refractivity contribution is 5.95. The third-order valence-electron chi connectivity index (χ3n) is 3.83. The second-order valence-corrected chi connectivity index (χ2v) is 5.72. The summed E-state index contributed by atoms with van der Waals surface area (Å²) in [5.74, 6) is -0.611. The van der Waals surface area contributed by atoms with Gasteiger partial charge in [0.2, 0.25) is 0 Å². The molecule has 0 unspecified atom stereocenters. The lowest BCUT2D eigenvalue weighted by Gasteiger charge is -2.31. The first kappa shape index (κ1) is 15.2. The minimum Gasteiger partial charge on any atom is -0.495 e. The van der Waals surface area contributed by atoms with Crippen LogP contribution in [0.15, 0.2) is 18.2 Å². The average Bonchev–Trinajstić information content (AvgIpc) is 2.78. The number of nitrogens with one attached hydrogen (secondary N) is 1. The number of carbonyl (C=O) groups excluding carboxylic acids is 1. The Kier molecular flexibility index (Phi) is 4.06. The summed E-state index contributed by atoms with van der Waals surface area (Å²) in [4.78, 5) is 25.2. The molecule has 2 amide bonds. The van der Waals surface area contributed by atoms with Gasteiger partial charge in [-0.3, -0.25) is 0 Å². The van der Waals surface area contributed by atoms with Crippen molar-refractivity contribution in [3.8, 4) is 5.75 Å². The zero-order chi connectivity index (χ0) is 15.6. The summed E-state index contributed by atoms with van der Waals surface area (Å²) in [6.07, 6.45) is 1.92. The molecule has 0 saturated carbocycles. The summed E-state index contributed by atoms with van der Waals surface area (Å²) in [6, 6.07) is 4.14. The van der Waals surface area contributed by atoms with Gasteiger partial charge in [0.15, 0.2) is 0 Å². The molecule has 6 heteroatoms. The van der Waals surface area contributed by atoms with Gasteiger partial charge in [-0.1, -0.05) is 0 Å². The first-order valence-electron chi connectivity index (χ1n) is 6.85. The minimum atomic E-state index is -1.05. The number of likely N-dealkylation sites (tertiary alicyclic amines) is 1. The maximum atomic E-state index is 12.4. The Bertz CT molecular complexity index is 569. The van der Waals surface area contributed by atoms with Gasteiger partial charge in [0.05, 0.1) is 18.4 Å². The van der Waals surface area contributed by atoms with Gasteiger partial charge in [0.1, 0.15) is 5.75 Å². The molecule has 1 aliphatic heterocycles. The Morgan fingerprint density at radius 1 is 1.38 bits per heavy atom. The number of carboxylic acids is 1. The van der Waals surface area contributed by atoms with E-state index in [1.54, 1.807) is 4.90 Å². The predicted molar refractivity (Wildman–Crippen MR) is 79.0 cm³/mol. The molecule has 1 aromatic rings. The second kappa shape index (κ2) is 5.63. The molecule has 0 aliphatic carbocycles. The number of rotatable bonds is 3. The lowest BCUT2D eigenvalue weighted by Crippen LogP contribution is -2.45. The summed E-state index contributed by atoms with van der Waals surface area (Å²) >= 11 is 0. The van der Waals surface area contributed by atoms with E-state index in [0.29, 0.717) is 18.0 Å². The average molecular weight is 292 g/mol. The first-order valence-corrected chi connectivity index (χ1v) is 6.85. The highest BCUT2D eigenvalue weighted by Crippen LogP contribution is 2.31. The molecule has 114 valence electrons. The number of aromatic carboxylic acids is 1. The van der Waals surface area contributed by atoms with E-state index in [1.165, 1.54) is 25.3 Å².